The van der Waals surface area contributed by atoms with Gasteiger partial charge in [-0.3, -0.25) is 14.4 Å². The average Bonchev–Trinajstić information content (AvgIpc) is 3.18. The lowest BCUT2D eigenvalue weighted by Crippen LogP contribution is -2.30. The maximum atomic E-state index is 14.4. The summed E-state index contributed by atoms with van der Waals surface area (Å²) < 4.78 is 15.4. The van der Waals surface area contributed by atoms with E-state index >= 15 is 0 Å². The standard InChI is InChI=1S/C20H15FN6O3S/c1-11(28)22-12-6-7-13(15(21)8-12)17-10-31-20(23-17)24-18(29)9-27-19(30)14-4-2-3-5-16(14)25-26-27/h2-8,10H,9H2,1H3,(H,22,28)(H,23,24,29). The first-order chi connectivity index (χ1) is 14.9. The van der Waals surface area contributed by atoms with Crippen molar-refractivity contribution < 1.29 is 14.0 Å². The molecule has 2 amide bonds. The minimum atomic E-state index is -0.563. The highest BCUT2D eigenvalue weighted by Gasteiger charge is 2.14. The summed E-state index contributed by atoms with van der Waals surface area (Å²) >= 11 is 1.11. The fraction of sp³-hybridized carbons (Fsp3) is 0.100. The van der Waals surface area contributed by atoms with Crippen LogP contribution < -0.4 is 16.2 Å². The highest BCUT2D eigenvalue weighted by atomic mass is 32.1. The number of thiazole rings is 1. The fourth-order valence-electron chi connectivity index (χ4n) is 2.88. The Balaban J connectivity index is 1.48. The van der Waals surface area contributed by atoms with Crippen LogP contribution in [0.3, 0.4) is 0 Å². The molecule has 31 heavy (non-hydrogen) atoms. The number of hydrogen-bond acceptors (Lipinski definition) is 7. The van der Waals surface area contributed by atoms with Crippen molar-refractivity contribution in [1.82, 2.24) is 20.0 Å². The second-order valence-electron chi connectivity index (χ2n) is 6.53. The lowest BCUT2D eigenvalue weighted by molar-refractivity contribution is -0.117. The number of fused-ring (bicyclic) bond motifs is 1. The van der Waals surface area contributed by atoms with E-state index in [9.17, 15) is 18.8 Å². The summed E-state index contributed by atoms with van der Waals surface area (Å²) in [6.45, 7) is 0.990. The predicted molar refractivity (Wildman–Crippen MR) is 114 cm³/mol. The van der Waals surface area contributed by atoms with Crippen molar-refractivity contribution in [3.8, 4) is 11.3 Å². The van der Waals surface area contributed by atoms with Gasteiger partial charge in [0, 0.05) is 23.6 Å². The minimum Gasteiger partial charge on any atom is -0.326 e. The van der Waals surface area contributed by atoms with Gasteiger partial charge < -0.3 is 10.6 Å². The number of anilines is 2. The van der Waals surface area contributed by atoms with Crippen LogP contribution in [-0.4, -0.2) is 31.8 Å². The van der Waals surface area contributed by atoms with Gasteiger partial charge in [-0.15, -0.1) is 16.4 Å². The molecule has 0 fully saturated rings. The highest BCUT2D eigenvalue weighted by molar-refractivity contribution is 7.14. The molecule has 0 saturated carbocycles. The third kappa shape index (κ3) is 4.46. The van der Waals surface area contributed by atoms with Crippen molar-refractivity contribution in [2.24, 2.45) is 0 Å². The van der Waals surface area contributed by atoms with Gasteiger partial charge in [0.1, 0.15) is 17.9 Å². The molecule has 4 aromatic rings. The van der Waals surface area contributed by atoms with E-state index in [4.69, 9.17) is 0 Å². The highest BCUT2D eigenvalue weighted by Crippen LogP contribution is 2.28. The summed E-state index contributed by atoms with van der Waals surface area (Å²) in [5.41, 5.74) is 0.902. The number of carbonyl (C=O) groups excluding carboxylic acids is 2. The van der Waals surface area contributed by atoms with Gasteiger partial charge in [0.05, 0.1) is 11.1 Å². The van der Waals surface area contributed by atoms with Gasteiger partial charge in [0.25, 0.3) is 5.56 Å². The van der Waals surface area contributed by atoms with Gasteiger partial charge in [0.2, 0.25) is 11.8 Å². The number of amides is 2. The molecule has 156 valence electrons. The molecule has 11 heteroatoms. The Kier molecular flexibility index (Phi) is 5.50. The molecule has 0 bridgehead atoms. The molecule has 9 nitrogen and oxygen atoms in total. The normalized spacial score (nSPS) is 10.8. The first kappa shape index (κ1) is 20.3. The predicted octanol–water partition coefficient (Wildman–Crippen LogP) is 2.65. The molecule has 0 spiro atoms. The number of carbonyl (C=O) groups is 2. The van der Waals surface area contributed by atoms with E-state index in [1.165, 1.54) is 19.1 Å². The molecule has 2 aromatic carbocycles. The lowest BCUT2D eigenvalue weighted by Gasteiger charge is -2.05. The van der Waals surface area contributed by atoms with Crippen molar-refractivity contribution in [3.63, 3.8) is 0 Å². The number of rotatable bonds is 5. The van der Waals surface area contributed by atoms with Gasteiger partial charge in [-0.25, -0.2) is 14.1 Å². The van der Waals surface area contributed by atoms with Crippen LogP contribution in [0.2, 0.25) is 0 Å². The molecule has 2 aromatic heterocycles. The van der Waals surface area contributed by atoms with Crippen molar-refractivity contribution >= 4 is 44.9 Å². The van der Waals surface area contributed by atoms with Crippen LogP contribution in [0.5, 0.6) is 0 Å². The quantitative estimate of drug-likeness (QED) is 0.495. The number of nitrogens with one attached hydrogen (secondary N) is 2. The van der Waals surface area contributed by atoms with Gasteiger partial charge in [-0.1, -0.05) is 17.3 Å². The summed E-state index contributed by atoms with van der Waals surface area (Å²) in [4.78, 5) is 40.1. The Hall–Kier alpha value is -3.99. The summed E-state index contributed by atoms with van der Waals surface area (Å²) in [6, 6.07) is 11.0. The van der Waals surface area contributed by atoms with Crippen LogP contribution in [-0.2, 0) is 16.1 Å². The smallest absolute Gasteiger partial charge is 0.278 e. The van der Waals surface area contributed by atoms with Crippen LogP contribution >= 0.6 is 11.3 Å². The number of aromatic nitrogens is 4. The third-order valence-electron chi connectivity index (χ3n) is 4.24. The lowest BCUT2D eigenvalue weighted by atomic mass is 10.1. The zero-order valence-electron chi connectivity index (χ0n) is 16.1. The van der Waals surface area contributed by atoms with E-state index in [0.29, 0.717) is 22.3 Å². The number of nitrogens with zero attached hydrogens (tertiary/aromatic N) is 4. The Morgan fingerprint density at radius 1 is 1.16 bits per heavy atom. The van der Waals surface area contributed by atoms with E-state index < -0.39 is 17.3 Å². The van der Waals surface area contributed by atoms with E-state index in [1.807, 2.05) is 0 Å². The molecule has 0 saturated heterocycles. The Morgan fingerprint density at radius 3 is 2.74 bits per heavy atom. The summed E-state index contributed by atoms with van der Waals surface area (Å²) in [5.74, 6) is -1.39. The van der Waals surface area contributed by atoms with Crippen molar-refractivity contribution in [2.45, 2.75) is 13.5 Å². The maximum absolute atomic E-state index is 14.4. The summed E-state index contributed by atoms with van der Waals surface area (Å²) in [5, 5.41) is 15.0. The van der Waals surface area contributed by atoms with E-state index in [0.717, 1.165) is 16.0 Å². The number of benzene rings is 2. The maximum Gasteiger partial charge on any atom is 0.278 e. The van der Waals surface area contributed by atoms with Crippen LogP contribution in [0.15, 0.2) is 52.6 Å². The molecule has 0 radical (unpaired) electrons. The minimum absolute atomic E-state index is 0.225. The first-order valence-corrected chi connectivity index (χ1v) is 9.94. The van der Waals surface area contributed by atoms with Crippen LogP contribution in [0.25, 0.3) is 22.2 Å². The fourth-order valence-corrected chi connectivity index (χ4v) is 3.61. The molecule has 0 aliphatic rings. The molecular formula is C20H15FN6O3S. The SMILES string of the molecule is CC(=O)Nc1ccc(-c2csc(NC(=O)Cn3nnc4ccccc4c3=O)n2)c(F)c1. The van der Waals surface area contributed by atoms with Crippen molar-refractivity contribution in [3.05, 3.63) is 64.0 Å². The molecule has 2 heterocycles. The van der Waals surface area contributed by atoms with Crippen LogP contribution in [0, 0.1) is 5.82 Å². The van der Waals surface area contributed by atoms with Crippen molar-refractivity contribution in [1.29, 1.82) is 0 Å². The van der Waals surface area contributed by atoms with Gasteiger partial charge >= 0.3 is 0 Å². The molecule has 0 atom stereocenters. The van der Waals surface area contributed by atoms with E-state index in [2.05, 4.69) is 25.9 Å². The van der Waals surface area contributed by atoms with Crippen molar-refractivity contribution in [2.75, 3.05) is 10.6 Å². The molecule has 2 N–H and O–H groups in total. The third-order valence-corrected chi connectivity index (χ3v) is 5.00. The van der Waals surface area contributed by atoms with E-state index in [-0.39, 0.29) is 23.1 Å². The second kappa shape index (κ2) is 8.40. The molecule has 0 unspecified atom stereocenters. The molecule has 0 aliphatic heterocycles. The molecular weight excluding hydrogens is 423 g/mol. The Labute approximate surface area is 178 Å². The summed E-state index contributed by atoms with van der Waals surface area (Å²) in [7, 11) is 0. The largest absolute Gasteiger partial charge is 0.326 e. The number of hydrogen-bond donors (Lipinski definition) is 2. The Bertz CT molecular complexity index is 1370. The van der Waals surface area contributed by atoms with Gasteiger partial charge in [-0.05, 0) is 30.3 Å². The number of halogens is 1. The molecule has 0 aliphatic carbocycles. The average molecular weight is 438 g/mol. The zero-order chi connectivity index (χ0) is 22.0. The van der Waals surface area contributed by atoms with Gasteiger partial charge in [-0.2, -0.15) is 0 Å². The first-order valence-electron chi connectivity index (χ1n) is 9.06. The monoisotopic (exact) mass is 438 g/mol. The zero-order valence-corrected chi connectivity index (χ0v) is 16.9. The molecule has 4 rings (SSSR count). The van der Waals surface area contributed by atoms with Crippen LogP contribution in [0.4, 0.5) is 15.2 Å². The van der Waals surface area contributed by atoms with Gasteiger partial charge in [0.15, 0.2) is 5.13 Å². The second-order valence-corrected chi connectivity index (χ2v) is 7.39. The van der Waals surface area contributed by atoms with Crippen LogP contribution in [0.1, 0.15) is 6.92 Å². The Morgan fingerprint density at radius 2 is 1.97 bits per heavy atom. The summed E-state index contributed by atoms with van der Waals surface area (Å²) in [6.07, 6.45) is 0. The topological polar surface area (TPSA) is 119 Å². The van der Waals surface area contributed by atoms with E-state index in [1.54, 1.807) is 35.7 Å².